The van der Waals surface area contributed by atoms with Crippen molar-refractivity contribution < 1.29 is 9.53 Å². The van der Waals surface area contributed by atoms with E-state index in [9.17, 15) is 4.79 Å². The van der Waals surface area contributed by atoms with Crippen LogP contribution in [0.25, 0.3) is 0 Å². The summed E-state index contributed by atoms with van der Waals surface area (Å²) >= 11 is 0. The number of amides is 1. The molecule has 6 nitrogen and oxygen atoms in total. The van der Waals surface area contributed by atoms with Crippen LogP contribution in [0, 0.1) is 5.92 Å². The molecule has 1 aliphatic heterocycles. The third-order valence-corrected chi connectivity index (χ3v) is 4.24. The van der Waals surface area contributed by atoms with Gasteiger partial charge in [0, 0.05) is 39.5 Å². The number of nitrogens with zero attached hydrogens (tertiary/aromatic N) is 4. The van der Waals surface area contributed by atoms with Crippen LogP contribution in [0.5, 0.6) is 5.88 Å². The molecule has 22 heavy (non-hydrogen) atoms. The topological polar surface area (TPSA) is 58.6 Å². The second-order valence-corrected chi connectivity index (χ2v) is 6.45. The fourth-order valence-corrected chi connectivity index (χ4v) is 2.82. The Balaban J connectivity index is 1.61. The molecule has 0 aromatic carbocycles. The van der Waals surface area contributed by atoms with E-state index >= 15 is 0 Å². The largest absolute Gasteiger partial charge is 0.470 e. The van der Waals surface area contributed by atoms with Gasteiger partial charge in [-0.3, -0.25) is 4.79 Å². The highest BCUT2D eigenvalue weighted by Gasteiger charge is 2.30. The molecule has 2 aliphatic rings. The average Bonchev–Trinajstić information content (AvgIpc) is 3.32. The second-order valence-electron chi connectivity index (χ2n) is 6.45. The van der Waals surface area contributed by atoms with Gasteiger partial charge >= 0.3 is 0 Å². The molecule has 2 fully saturated rings. The number of hydrogen-bond donors (Lipinski definition) is 0. The smallest absolute Gasteiger partial charge is 0.257 e. The van der Waals surface area contributed by atoms with Crippen LogP contribution in [0.4, 0.5) is 5.82 Å². The quantitative estimate of drug-likeness (QED) is 0.829. The number of likely N-dealkylation sites (tertiary alicyclic amines) is 1. The molecule has 1 aromatic heterocycles. The maximum Gasteiger partial charge on any atom is 0.257 e. The molecule has 2 heterocycles. The monoisotopic (exact) mass is 304 g/mol. The van der Waals surface area contributed by atoms with Gasteiger partial charge in [0.2, 0.25) is 5.91 Å². The first-order chi connectivity index (χ1) is 10.6. The summed E-state index contributed by atoms with van der Waals surface area (Å²) in [6, 6.07) is 0. The maximum atomic E-state index is 12.3. The summed E-state index contributed by atoms with van der Waals surface area (Å²) in [7, 11) is 3.84. The Morgan fingerprint density at radius 2 is 2.09 bits per heavy atom. The molecule has 6 heteroatoms. The Morgan fingerprint density at radius 1 is 1.32 bits per heavy atom. The van der Waals surface area contributed by atoms with Crippen LogP contribution in [-0.4, -0.2) is 54.1 Å². The number of aromatic nitrogens is 2. The van der Waals surface area contributed by atoms with E-state index in [4.69, 9.17) is 4.74 Å². The fourth-order valence-electron chi connectivity index (χ4n) is 2.82. The van der Waals surface area contributed by atoms with Crippen molar-refractivity contribution in [3.8, 4) is 5.88 Å². The standard InChI is InChI=1S/C16H24N4O2/c1-19(2)15-16(18-8-7-17-15)22-13-4-3-9-20(11-13)14(21)10-12-5-6-12/h7-8,12-13H,3-6,9-11H2,1-2H3/t13-/m1/s1. The zero-order valence-corrected chi connectivity index (χ0v) is 13.4. The van der Waals surface area contributed by atoms with Crippen LogP contribution < -0.4 is 9.64 Å². The molecule has 120 valence electrons. The van der Waals surface area contributed by atoms with E-state index in [-0.39, 0.29) is 12.0 Å². The Hall–Kier alpha value is -1.85. The van der Waals surface area contributed by atoms with Crippen LogP contribution >= 0.6 is 0 Å². The van der Waals surface area contributed by atoms with E-state index < -0.39 is 0 Å². The van der Waals surface area contributed by atoms with Gasteiger partial charge in [-0.15, -0.1) is 0 Å². The molecule has 1 atom stereocenters. The lowest BCUT2D eigenvalue weighted by atomic mass is 10.1. The molecular weight excluding hydrogens is 280 g/mol. The van der Waals surface area contributed by atoms with Crippen molar-refractivity contribution in [3.63, 3.8) is 0 Å². The molecule has 1 aliphatic carbocycles. The minimum absolute atomic E-state index is 0.00676. The van der Waals surface area contributed by atoms with Gasteiger partial charge in [-0.2, -0.15) is 0 Å². The van der Waals surface area contributed by atoms with Gasteiger partial charge in [0.15, 0.2) is 5.82 Å². The van der Waals surface area contributed by atoms with Crippen molar-refractivity contribution in [2.24, 2.45) is 5.92 Å². The van der Waals surface area contributed by atoms with Gasteiger partial charge in [-0.25, -0.2) is 9.97 Å². The van der Waals surface area contributed by atoms with Crippen LogP contribution in [0.1, 0.15) is 32.1 Å². The van der Waals surface area contributed by atoms with Crippen LogP contribution in [-0.2, 0) is 4.79 Å². The maximum absolute atomic E-state index is 12.3. The predicted molar refractivity (Wildman–Crippen MR) is 83.9 cm³/mol. The van der Waals surface area contributed by atoms with Crippen LogP contribution in [0.2, 0.25) is 0 Å². The van der Waals surface area contributed by atoms with E-state index in [2.05, 4.69) is 9.97 Å². The second kappa shape index (κ2) is 6.50. The third kappa shape index (κ3) is 3.67. The SMILES string of the molecule is CN(C)c1nccnc1O[C@@H]1CCCN(C(=O)CC2CC2)C1. The summed E-state index contributed by atoms with van der Waals surface area (Å²) in [4.78, 5) is 24.7. The van der Waals surface area contributed by atoms with Crippen molar-refractivity contribution in [1.29, 1.82) is 0 Å². The first kappa shape index (κ1) is 15.1. The third-order valence-electron chi connectivity index (χ3n) is 4.24. The van der Waals surface area contributed by atoms with Gasteiger partial charge in [0.05, 0.1) is 6.54 Å². The Labute approximate surface area is 131 Å². The van der Waals surface area contributed by atoms with Crippen molar-refractivity contribution in [2.75, 3.05) is 32.1 Å². The lowest BCUT2D eigenvalue weighted by molar-refractivity contribution is -0.134. The van der Waals surface area contributed by atoms with Crippen LogP contribution in [0.3, 0.4) is 0 Å². The summed E-state index contributed by atoms with van der Waals surface area (Å²) in [5.74, 6) is 2.19. The summed E-state index contributed by atoms with van der Waals surface area (Å²) in [6.07, 6.45) is 8.38. The predicted octanol–water partition coefficient (Wildman–Crippen LogP) is 1.71. The normalized spacial score (nSPS) is 21.5. The number of anilines is 1. The first-order valence-corrected chi connectivity index (χ1v) is 8.06. The summed E-state index contributed by atoms with van der Waals surface area (Å²) in [6.45, 7) is 1.52. The highest BCUT2D eigenvalue weighted by Crippen LogP contribution is 2.33. The molecule has 0 unspecified atom stereocenters. The minimum Gasteiger partial charge on any atom is -0.470 e. The Morgan fingerprint density at radius 3 is 2.82 bits per heavy atom. The lowest BCUT2D eigenvalue weighted by Crippen LogP contribution is -2.44. The molecule has 0 bridgehead atoms. The van der Waals surface area contributed by atoms with Gasteiger partial charge in [-0.1, -0.05) is 0 Å². The number of carbonyl (C=O) groups excluding carboxylic acids is 1. The molecule has 0 radical (unpaired) electrons. The van der Waals surface area contributed by atoms with E-state index in [0.717, 1.165) is 25.2 Å². The number of carbonyl (C=O) groups is 1. The van der Waals surface area contributed by atoms with E-state index in [0.29, 0.717) is 24.8 Å². The summed E-state index contributed by atoms with van der Waals surface area (Å²) < 4.78 is 6.04. The van der Waals surface area contributed by atoms with Gasteiger partial charge in [0.25, 0.3) is 5.88 Å². The molecule has 1 saturated heterocycles. The molecule has 3 rings (SSSR count). The average molecular weight is 304 g/mol. The van der Waals surface area contributed by atoms with Crippen molar-refractivity contribution in [2.45, 2.75) is 38.2 Å². The zero-order chi connectivity index (χ0) is 15.5. The molecule has 1 amide bonds. The number of ether oxygens (including phenoxy) is 1. The van der Waals surface area contributed by atoms with Gasteiger partial charge < -0.3 is 14.5 Å². The Kier molecular flexibility index (Phi) is 4.45. The molecular formula is C16H24N4O2. The zero-order valence-electron chi connectivity index (χ0n) is 13.4. The first-order valence-electron chi connectivity index (χ1n) is 8.06. The fraction of sp³-hybridized carbons (Fsp3) is 0.688. The highest BCUT2D eigenvalue weighted by molar-refractivity contribution is 5.76. The highest BCUT2D eigenvalue weighted by atomic mass is 16.5. The van der Waals surface area contributed by atoms with E-state index in [1.807, 2.05) is 23.9 Å². The number of hydrogen-bond acceptors (Lipinski definition) is 5. The van der Waals surface area contributed by atoms with Crippen LogP contribution in [0.15, 0.2) is 12.4 Å². The molecule has 0 spiro atoms. The van der Waals surface area contributed by atoms with E-state index in [1.54, 1.807) is 12.4 Å². The molecule has 1 aromatic rings. The minimum atomic E-state index is 0.00676. The van der Waals surface area contributed by atoms with Crippen molar-refractivity contribution in [1.82, 2.24) is 14.9 Å². The summed E-state index contributed by atoms with van der Waals surface area (Å²) in [5, 5.41) is 0. The molecule has 1 saturated carbocycles. The number of rotatable bonds is 5. The van der Waals surface area contributed by atoms with Crippen molar-refractivity contribution in [3.05, 3.63) is 12.4 Å². The Bertz CT molecular complexity index is 531. The molecule has 0 N–H and O–H groups in total. The lowest BCUT2D eigenvalue weighted by Gasteiger charge is -2.33. The summed E-state index contributed by atoms with van der Waals surface area (Å²) in [5.41, 5.74) is 0. The number of piperidine rings is 1. The van der Waals surface area contributed by atoms with E-state index in [1.165, 1.54) is 12.8 Å². The van der Waals surface area contributed by atoms with Gasteiger partial charge in [-0.05, 0) is 31.6 Å². The van der Waals surface area contributed by atoms with Gasteiger partial charge in [0.1, 0.15) is 6.10 Å². The van der Waals surface area contributed by atoms with Crippen molar-refractivity contribution >= 4 is 11.7 Å².